The first-order chi connectivity index (χ1) is 11.9. The van der Waals surface area contributed by atoms with Gasteiger partial charge in [-0.25, -0.2) is 4.98 Å². The molecule has 0 saturated carbocycles. The number of hydrogen-bond acceptors (Lipinski definition) is 5. The van der Waals surface area contributed by atoms with Gasteiger partial charge in [0.05, 0.1) is 7.11 Å². The Morgan fingerprint density at radius 3 is 2.80 bits per heavy atom. The molecule has 0 atom stereocenters. The summed E-state index contributed by atoms with van der Waals surface area (Å²) in [6, 6.07) is 7.57. The Hall–Kier alpha value is -2.41. The maximum Gasteiger partial charge on any atom is 0.273 e. The quantitative estimate of drug-likeness (QED) is 0.820. The number of hydrogen-bond donors (Lipinski definition) is 1. The van der Waals surface area contributed by atoms with Crippen LogP contribution in [0.4, 0.5) is 5.13 Å². The highest BCUT2D eigenvalue weighted by atomic mass is 32.1. The van der Waals surface area contributed by atoms with Crippen molar-refractivity contribution in [2.45, 2.75) is 26.8 Å². The molecule has 2 rings (SSSR count). The summed E-state index contributed by atoms with van der Waals surface area (Å²) < 4.78 is 5.19. The Morgan fingerprint density at radius 2 is 2.12 bits per heavy atom. The zero-order valence-electron chi connectivity index (χ0n) is 14.9. The number of ether oxygens (including phenoxy) is 1. The second-order valence-electron chi connectivity index (χ2n) is 6.20. The van der Waals surface area contributed by atoms with Gasteiger partial charge in [0.25, 0.3) is 5.91 Å². The molecule has 1 aromatic carbocycles. The van der Waals surface area contributed by atoms with E-state index in [1.54, 1.807) is 24.4 Å². The topological polar surface area (TPSA) is 71.5 Å². The Morgan fingerprint density at radius 1 is 1.36 bits per heavy atom. The number of thiazole rings is 1. The molecule has 0 aliphatic carbocycles. The fraction of sp³-hybridized carbons (Fsp3) is 0.389. The average Bonchev–Trinajstić information content (AvgIpc) is 3.01. The number of amides is 2. The van der Waals surface area contributed by atoms with E-state index in [0.717, 1.165) is 11.3 Å². The highest BCUT2D eigenvalue weighted by molar-refractivity contribution is 7.14. The summed E-state index contributed by atoms with van der Waals surface area (Å²) in [5, 5.41) is 4.84. The summed E-state index contributed by atoms with van der Waals surface area (Å²) in [5.74, 6) is 0.744. The number of carbonyl (C=O) groups is 2. The lowest BCUT2D eigenvalue weighted by Crippen LogP contribution is -2.26. The average molecular weight is 361 g/mol. The summed E-state index contributed by atoms with van der Waals surface area (Å²) in [6.07, 6.45) is 0.429. The third kappa shape index (κ3) is 5.56. The summed E-state index contributed by atoms with van der Waals surface area (Å²) >= 11 is 1.25. The van der Waals surface area contributed by atoms with Gasteiger partial charge in [0.1, 0.15) is 11.4 Å². The molecule has 6 nitrogen and oxygen atoms in total. The molecule has 0 unspecified atom stereocenters. The van der Waals surface area contributed by atoms with Gasteiger partial charge in [-0.15, -0.1) is 11.3 Å². The predicted octanol–water partition coefficient (Wildman–Crippen LogP) is 3.41. The molecule has 1 aromatic heterocycles. The smallest absolute Gasteiger partial charge is 0.273 e. The Bertz CT molecular complexity index is 743. The minimum atomic E-state index is -0.191. The molecule has 2 aromatic rings. The SMILES string of the molecule is COc1cccc(CN(C)C(=O)c2csc(NC(=O)CC(C)C)n2)c1. The van der Waals surface area contributed by atoms with E-state index in [1.165, 1.54) is 11.3 Å². The fourth-order valence-corrected chi connectivity index (χ4v) is 2.98. The number of methoxy groups -OCH3 is 1. The molecule has 134 valence electrons. The molecule has 0 saturated heterocycles. The molecular weight excluding hydrogens is 338 g/mol. The lowest BCUT2D eigenvalue weighted by atomic mass is 10.1. The first-order valence-electron chi connectivity index (χ1n) is 8.02. The van der Waals surface area contributed by atoms with Crippen LogP contribution in [0.1, 0.15) is 36.3 Å². The lowest BCUT2D eigenvalue weighted by molar-refractivity contribution is -0.116. The van der Waals surface area contributed by atoms with Gasteiger partial charge in [0, 0.05) is 25.4 Å². The van der Waals surface area contributed by atoms with E-state index < -0.39 is 0 Å². The molecule has 0 fully saturated rings. The predicted molar refractivity (Wildman–Crippen MR) is 99.0 cm³/mol. The van der Waals surface area contributed by atoms with Crippen LogP contribution < -0.4 is 10.1 Å². The highest BCUT2D eigenvalue weighted by Crippen LogP contribution is 2.19. The molecule has 1 heterocycles. The maximum absolute atomic E-state index is 12.5. The second-order valence-corrected chi connectivity index (χ2v) is 7.05. The van der Waals surface area contributed by atoms with Crippen LogP contribution >= 0.6 is 11.3 Å². The number of anilines is 1. The zero-order chi connectivity index (χ0) is 18.4. The van der Waals surface area contributed by atoms with Crippen LogP contribution in [0.5, 0.6) is 5.75 Å². The molecule has 0 aliphatic heterocycles. The van der Waals surface area contributed by atoms with Gasteiger partial charge >= 0.3 is 0 Å². The minimum absolute atomic E-state index is 0.0897. The first-order valence-corrected chi connectivity index (χ1v) is 8.90. The van der Waals surface area contributed by atoms with Crippen LogP contribution in [0.2, 0.25) is 0 Å². The van der Waals surface area contributed by atoms with Gasteiger partial charge in [0.2, 0.25) is 5.91 Å². The van der Waals surface area contributed by atoms with Gasteiger partial charge in [0.15, 0.2) is 5.13 Å². The van der Waals surface area contributed by atoms with Crippen LogP contribution in [-0.4, -0.2) is 35.9 Å². The third-order valence-corrected chi connectivity index (χ3v) is 4.22. The normalized spacial score (nSPS) is 10.6. The molecule has 0 spiro atoms. The van der Waals surface area contributed by atoms with Gasteiger partial charge in [-0.2, -0.15) is 0 Å². The largest absolute Gasteiger partial charge is 0.497 e. The molecule has 0 radical (unpaired) electrons. The lowest BCUT2D eigenvalue weighted by Gasteiger charge is -2.16. The van der Waals surface area contributed by atoms with Gasteiger partial charge in [-0.05, 0) is 23.6 Å². The van der Waals surface area contributed by atoms with Crippen molar-refractivity contribution in [3.05, 3.63) is 40.9 Å². The molecule has 1 N–H and O–H groups in total. The zero-order valence-corrected chi connectivity index (χ0v) is 15.7. The van der Waals surface area contributed by atoms with Crippen molar-refractivity contribution in [3.8, 4) is 5.75 Å². The van der Waals surface area contributed by atoms with Crippen molar-refractivity contribution in [2.75, 3.05) is 19.5 Å². The van der Waals surface area contributed by atoms with Crippen LogP contribution in [-0.2, 0) is 11.3 Å². The second kappa shape index (κ2) is 8.62. The van der Waals surface area contributed by atoms with Crippen molar-refractivity contribution in [1.29, 1.82) is 0 Å². The van der Waals surface area contributed by atoms with E-state index in [1.807, 2.05) is 38.1 Å². The van der Waals surface area contributed by atoms with Crippen molar-refractivity contribution < 1.29 is 14.3 Å². The summed E-state index contributed by atoms with van der Waals surface area (Å²) in [6.45, 7) is 4.40. The number of nitrogens with one attached hydrogen (secondary N) is 1. The standard InChI is InChI=1S/C18H23N3O3S/c1-12(2)8-16(22)20-18-19-15(11-25-18)17(23)21(3)10-13-6-5-7-14(9-13)24-4/h5-7,9,11-12H,8,10H2,1-4H3,(H,19,20,22). The Labute approximate surface area is 151 Å². The van der Waals surface area contributed by atoms with E-state index in [0.29, 0.717) is 23.8 Å². The van der Waals surface area contributed by atoms with E-state index >= 15 is 0 Å². The van der Waals surface area contributed by atoms with Gasteiger partial charge < -0.3 is 15.0 Å². The summed E-state index contributed by atoms with van der Waals surface area (Å²) in [5.41, 5.74) is 1.30. The number of rotatable bonds is 7. The molecule has 7 heteroatoms. The van der Waals surface area contributed by atoms with Crippen molar-refractivity contribution in [2.24, 2.45) is 5.92 Å². The van der Waals surface area contributed by atoms with Crippen molar-refractivity contribution in [3.63, 3.8) is 0 Å². The molecule has 2 amide bonds. The van der Waals surface area contributed by atoms with Crippen LogP contribution in [0.3, 0.4) is 0 Å². The van der Waals surface area contributed by atoms with Crippen LogP contribution in [0.15, 0.2) is 29.6 Å². The van der Waals surface area contributed by atoms with Crippen LogP contribution in [0.25, 0.3) is 0 Å². The van der Waals surface area contributed by atoms with E-state index in [9.17, 15) is 9.59 Å². The number of benzene rings is 1. The maximum atomic E-state index is 12.5. The van der Waals surface area contributed by atoms with Crippen LogP contribution in [0, 0.1) is 5.92 Å². The number of nitrogens with zero attached hydrogens (tertiary/aromatic N) is 2. The molecular formula is C18H23N3O3S. The molecule has 0 bridgehead atoms. The minimum Gasteiger partial charge on any atom is -0.497 e. The number of carbonyl (C=O) groups excluding carboxylic acids is 2. The van der Waals surface area contributed by atoms with E-state index in [2.05, 4.69) is 10.3 Å². The summed E-state index contributed by atoms with van der Waals surface area (Å²) in [7, 11) is 3.33. The van der Waals surface area contributed by atoms with Crippen molar-refractivity contribution in [1.82, 2.24) is 9.88 Å². The van der Waals surface area contributed by atoms with E-state index in [-0.39, 0.29) is 17.7 Å². The number of aromatic nitrogens is 1. The first kappa shape index (κ1) is 18.9. The third-order valence-electron chi connectivity index (χ3n) is 3.46. The Balaban J connectivity index is 1.98. The van der Waals surface area contributed by atoms with Crippen molar-refractivity contribution >= 4 is 28.3 Å². The van der Waals surface area contributed by atoms with Gasteiger partial charge in [-0.3, -0.25) is 9.59 Å². The van der Waals surface area contributed by atoms with Gasteiger partial charge in [-0.1, -0.05) is 26.0 Å². The molecule has 0 aliphatic rings. The fourth-order valence-electron chi connectivity index (χ4n) is 2.28. The highest BCUT2D eigenvalue weighted by Gasteiger charge is 2.17. The Kier molecular flexibility index (Phi) is 6.52. The monoisotopic (exact) mass is 361 g/mol. The van der Waals surface area contributed by atoms with E-state index in [4.69, 9.17) is 4.74 Å². The molecule has 25 heavy (non-hydrogen) atoms. The summed E-state index contributed by atoms with van der Waals surface area (Å²) in [4.78, 5) is 30.1.